The molecule has 12 heavy (non-hydrogen) atoms. The summed E-state index contributed by atoms with van der Waals surface area (Å²) in [5, 5.41) is 8.60. The summed E-state index contributed by atoms with van der Waals surface area (Å²) in [6.07, 6.45) is 0. The van der Waals surface area contributed by atoms with Crippen molar-refractivity contribution in [2.45, 2.75) is 0 Å². The van der Waals surface area contributed by atoms with Gasteiger partial charge in [-0.15, -0.1) is 0 Å². The molecule has 2 heteroatoms. The van der Waals surface area contributed by atoms with Crippen LogP contribution in [0.25, 0.3) is 5.57 Å². The molecule has 0 fully saturated rings. The monoisotopic (exact) mass is 159 g/mol. The Labute approximate surface area is 71.7 Å². The van der Waals surface area contributed by atoms with Crippen molar-refractivity contribution in [2.24, 2.45) is 0 Å². The number of para-hydroxylation sites is 1. The molecule has 1 aromatic carbocycles. The number of benzene rings is 1. The number of rotatable bonds is 2. The lowest BCUT2D eigenvalue weighted by Gasteiger charge is -2.04. The first-order chi connectivity index (χ1) is 5.79. The maximum atomic E-state index is 8.60. The van der Waals surface area contributed by atoms with E-state index in [2.05, 4.69) is 6.58 Å². The van der Waals surface area contributed by atoms with Crippen LogP contribution in [0.3, 0.4) is 0 Å². The van der Waals surface area contributed by atoms with Crippen LogP contribution in [0.5, 0.6) is 5.75 Å². The van der Waals surface area contributed by atoms with Crippen molar-refractivity contribution in [3.05, 3.63) is 36.4 Å². The Kier molecular flexibility index (Phi) is 2.49. The van der Waals surface area contributed by atoms with Gasteiger partial charge in [-0.3, -0.25) is 0 Å². The summed E-state index contributed by atoms with van der Waals surface area (Å²) in [5.74, 6) is 0.684. The molecule has 2 nitrogen and oxygen atoms in total. The standard InChI is InChI=1S/C10H9NO/c1-8(7-11)9-5-3-4-6-10(9)12-2/h3-6H,1H2,2H3. The van der Waals surface area contributed by atoms with E-state index >= 15 is 0 Å². The average Bonchev–Trinajstić information content (AvgIpc) is 2.16. The zero-order valence-electron chi connectivity index (χ0n) is 6.87. The Balaban J connectivity index is 3.15. The van der Waals surface area contributed by atoms with E-state index < -0.39 is 0 Å². The van der Waals surface area contributed by atoms with Crippen molar-refractivity contribution in [2.75, 3.05) is 7.11 Å². The van der Waals surface area contributed by atoms with Crippen LogP contribution in [0.1, 0.15) is 5.56 Å². The van der Waals surface area contributed by atoms with Gasteiger partial charge in [0.05, 0.1) is 18.8 Å². The second kappa shape index (κ2) is 3.59. The fourth-order valence-corrected chi connectivity index (χ4v) is 0.954. The van der Waals surface area contributed by atoms with E-state index in [-0.39, 0.29) is 0 Å². The minimum atomic E-state index is 0.424. The third-order valence-corrected chi connectivity index (χ3v) is 1.57. The number of ether oxygens (including phenoxy) is 1. The fraction of sp³-hybridized carbons (Fsp3) is 0.100. The van der Waals surface area contributed by atoms with Crippen molar-refractivity contribution in [1.29, 1.82) is 5.26 Å². The molecule has 0 spiro atoms. The highest BCUT2D eigenvalue weighted by Gasteiger charge is 2.03. The summed E-state index contributed by atoms with van der Waals surface area (Å²) < 4.78 is 5.06. The topological polar surface area (TPSA) is 33.0 Å². The molecule has 0 radical (unpaired) electrons. The van der Waals surface area contributed by atoms with Crippen LogP contribution in [0, 0.1) is 11.3 Å². The number of nitrogens with zero attached hydrogens (tertiary/aromatic N) is 1. The van der Waals surface area contributed by atoms with Crippen LogP contribution >= 0.6 is 0 Å². The molecule has 0 atom stereocenters. The number of allylic oxidation sites excluding steroid dienone is 1. The molecule has 0 saturated carbocycles. The Hall–Kier alpha value is -1.75. The lowest BCUT2D eigenvalue weighted by molar-refractivity contribution is 0.413. The Bertz CT molecular complexity index is 336. The molecule has 0 bridgehead atoms. The lowest BCUT2D eigenvalue weighted by atomic mass is 10.1. The van der Waals surface area contributed by atoms with Crippen LogP contribution in [0.2, 0.25) is 0 Å². The zero-order valence-corrected chi connectivity index (χ0v) is 6.87. The van der Waals surface area contributed by atoms with Gasteiger partial charge in [0.1, 0.15) is 5.75 Å². The van der Waals surface area contributed by atoms with Gasteiger partial charge in [-0.2, -0.15) is 5.26 Å². The van der Waals surface area contributed by atoms with E-state index in [9.17, 15) is 0 Å². The summed E-state index contributed by atoms with van der Waals surface area (Å²) in [6, 6.07) is 9.30. The Morgan fingerprint density at radius 3 is 2.75 bits per heavy atom. The summed E-state index contributed by atoms with van der Waals surface area (Å²) in [6.45, 7) is 3.61. The first kappa shape index (κ1) is 8.35. The van der Waals surface area contributed by atoms with Gasteiger partial charge in [-0.1, -0.05) is 18.7 Å². The van der Waals surface area contributed by atoms with Crippen LogP contribution in [0.4, 0.5) is 0 Å². The summed E-state index contributed by atoms with van der Waals surface area (Å²) in [7, 11) is 1.57. The zero-order chi connectivity index (χ0) is 8.97. The molecule has 0 amide bonds. The molecule has 0 saturated heterocycles. The van der Waals surface area contributed by atoms with Gasteiger partial charge < -0.3 is 4.74 Å². The van der Waals surface area contributed by atoms with Gasteiger partial charge >= 0.3 is 0 Å². The SMILES string of the molecule is C=C(C#N)c1ccccc1OC. The van der Waals surface area contributed by atoms with Crippen LogP contribution in [-0.2, 0) is 0 Å². The molecule has 0 unspecified atom stereocenters. The predicted molar refractivity (Wildman–Crippen MR) is 47.6 cm³/mol. The van der Waals surface area contributed by atoms with E-state index in [0.717, 1.165) is 5.56 Å². The second-order valence-electron chi connectivity index (χ2n) is 2.29. The Morgan fingerprint density at radius 1 is 1.50 bits per heavy atom. The highest BCUT2D eigenvalue weighted by molar-refractivity contribution is 5.78. The summed E-state index contributed by atoms with van der Waals surface area (Å²) >= 11 is 0. The van der Waals surface area contributed by atoms with Gasteiger partial charge in [-0.05, 0) is 12.1 Å². The van der Waals surface area contributed by atoms with E-state index in [1.165, 1.54) is 0 Å². The minimum Gasteiger partial charge on any atom is -0.496 e. The predicted octanol–water partition coefficient (Wildman–Crippen LogP) is 2.23. The fourth-order valence-electron chi connectivity index (χ4n) is 0.954. The van der Waals surface area contributed by atoms with E-state index in [4.69, 9.17) is 10.00 Å². The molecule has 1 aromatic rings. The molecular formula is C10H9NO. The van der Waals surface area contributed by atoms with E-state index in [0.29, 0.717) is 11.3 Å². The van der Waals surface area contributed by atoms with E-state index in [1.54, 1.807) is 13.2 Å². The molecule has 60 valence electrons. The summed E-state index contributed by atoms with van der Waals surface area (Å²) in [5.41, 5.74) is 1.18. The van der Waals surface area contributed by atoms with Crippen LogP contribution in [-0.4, -0.2) is 7.11 Å². The maximum absolute atomic E-state index is 8.60. The van der Waals surface area contributed by atoms with Crippen molar-refractivity contribution in [3.8, 4) is 11.8 Å². The van der Waals surface area contributed by atoms with Crippen molar-refractivity contribution < 1.29 is 4.74 Å². The third kappa shape index (κ3) is 1.46. The van der Waals surface area contributed by atoms with Crippen LogP contribution in [0.15, 0.2) is 30.8 Å². The van der Waals surface area contributed by atoms with Gasteiger partial charge in [0.15, 0.2) is 0 Å². The number of hydrogen-bond donors (Lipinski definition) is 0. The third-order valence-electron chi connectivity index (χ3n) is 1.57. The van der Waals surface area contributed by atoms with Crippen molar-refractivity contribution in [3.63, 3.8) is 0 Å². The molecule has 0 aliphatic rings. The molecule has 0 aliphatic heterocycles. The lowest BCUT2D eigenvalue weighted by Crippen LogP contribution is -1.88. The van der Waals surface area contributed by atoms with Gasteiger partial charge in [0, 0.05) is 5.56 Å². The normalized spacial score (nSPS) is 8.67. The molecule has 0 aliphatic carbocycles. The van der Waals surface area contributed by atoms with Crippen molar-refractivity contribution in [1.82, 2.24) is 0 Å². The van der Waals surface area contributed by atoms with Gasteiger partial charge in [0.2, 0.25) is 0 Å². The average molecular weight is 159 g/mol. The number of hydrogen-bond acceptors (Lipinski definition) is 2. The smallest absolute Gasteiger partial charge is 0.127 e. The maximum Gasteiger partial charge on any atom is 0.127 e. The number of methoxy groups -OCH3 is 1. The minimum absolute atomic E-state index is 0.424. The van der Waals surface area contributed by atoms with Gasteiger partial charge in [-0.25, -0.2) is 0 Å². The quantitative estimate of drug-likeness (QED) is 0.620. The second-order valence-corrected chi connectivity index (χ2v) is 2.29. The highest BCUT2D eigenvalue weighted by atomic mass is 16.5. The van der Waals surface area contributed by atoms with Crippen molar-refractivity contribution >= 4 is 5.57 Å². The highest BCUT2D eigenvalue weighted by Crippen LogP contribution is 2.23. The Morgan fingerprint density at radius 2 is 2.17 bits per heavy atom. The first-order valence-corrected chi connectivity index (χ1v) is 3.52. The first-order valence-electron chi connectivity index (χ1n) is 3.52. The largest absolute Gasteiger partial charge is 0.496 e. The molecule has 0 heterocycles. The molecule has 1 rings (SSSR count). The van der Waals surface area contributed by atoms with E-state index in [1.807, 2.05) is 24.3 Å². The molecule has 0 N–H and O–H groups in total. The molecule has 0 aromatic heterocycles. The van der Waals surface area contributed by atoms with Gasteiger partial charge in [0.25, 0.3) is 0 Å². The summed E-state index contributed by atoms with van der Waals surface area (Å²) in [4.78, 5) is 0. The van der Waals surface area contributed by atoms with Crippen LogP contribution < -0.4 is 4.74 Å². The number of nitriles is 1. The molecular weight excluding hydrogens is 150 g/mol.